The van der Waals surface area contributed by atoms with E-state index in [0.29, 0.717) is 32.8 Å². The third kappa shape index (κ3) is 7.87. The lowest BCUT2D eigenvalue weighted by molar-refractivity contribution is -0.139. The van der Waals surface area contributed by atoms with Gasteiger partial charge in [-0.25, -0.2) is 0 Å². The van der Waals surface area contributed by atoms with E-state index in [1.165, 1.54) is 11.8 Å². The Morgan fingerprint density at radius 2 is 1.69 bits per heavy atom. The van der Waals surface area contributed by atoms with E-state index < -0.39 is 6.04 Å². The molecule has 0 aliphatic rings. The highest BCUT2D eigenvalue weighted by molar-refractivity contribution is 7.99. The van der Waals surface area contributed by atoms with Crippen LogP contribution >= 0.6 is 46.6 Å². The van der Waals surface area contributed by atoms with Crippen LogP contribution in [0.25, 0.3) is 0 Å². The van der Waals surface area contributed by atoms with E-state index in [9.17, 15) is 9.59 Å². The minimum atomic E-state index is -0.615. The number of carbonyl (C=O) groups excluding carboxylic acids is 2. The number of benzene rings is 2. The van der Waals surface area contributed by atoms with Crippen LogP contribution in [-0.2, 0) is 21.9 Å². The molecule has 174 valence electrons. The lowest BCUT2D eigenvalue weighted by Crippen LogP contribution is -2.51. The Kier molecular flexibility index (Phi) is 11.2. The molecule has 0 spiro atoms. The van der Waals surface area contributed by atoms with Gasteiger partial charge in [0.2, 0.25) is 11.8 Å². The SMILES string of the molecule is CC[C@@H](C)NC(=O)[C@@H](CC)N(Cc1c(Cl)cccc1Cl)C(=O)CSCc1cccc(Cl)c1. The number of halogens is 3. The highest BCUT2D eigenvalue weighted by atomic mass is 35.5. The molecule has 0 heterocycles. The molecule has 0 unspecified atom stereocenters. The third-order valence-electron chi connectivity index (χ3n) is 5.16. The molecule has 0 fully saturated rings. The van der Waals surface area contributed by atoms with E-state index in [-0.39, 0.29) is 30.2 Å². The average molecular weight is 516 g/mol. The number of amides is 2. The van der Waals surface area contributed by atoms with E-state index in [2.05, 4.69) is 5.32 Å². The molecular formula is C24H29Cl3N2O2S. The van der Waals surface area contributed by atoms with E-state index in [0.717, 1.165) is 12.0 Å². The second kappa shape index (κ2) is 13.3. The molecule has 0 saturated carbocycles. The summed E-state index contributed by atoms with van der Waals surface area (Å²) in [7, 11) is 0. The number of carbonyl (C=O) groups is 2. The van der Waals surface area contributed by atoms with Gasteiger partial charge in [0.1, 0.15) is 6.04 Å². The van der Waals surface area contributed by atoms with Crippen LogP contribution in [0.3, 0.4) is 0 Å². The number of nitrogens with one attached hydrogen (secondary N) is 1. The van der Waals surface area contributed by atoms with Crippen LogP contribution in [0, 0.1) is 0 Å². The van der Waals surface area contributed by atoms with Gasteiger partial charge in [0.05, 0.1) is 5.75 Å². The fourth-order valence-electron chi connectivity index (χ4n) is 3.18. The normalized spacial score (nSPS) is 12.8. The Morgan fingerprint density at radius 3 is 2.28 bits per heavy atom. The Hall–Kier alpha value is -1.40. The van der Waals surface area contributed by atoms with Gasteiger partial charge in [-0.1, -0.05) is 66.8 Å². The van der Waals surface area contributed by atoms with Crippen molar-refractivity contribution >= 4 is 58.4 Å². The Morgan fingerprint density at radius 1 is 1.03 bits per heavy atom. The molecule has 0 bridgehead atoms. The molecule has 2 aromatic rings. The summed E-state index contributed by atoms with van der Waals surface area (Å²) in [4.78, 5) is 27.9. The molecule has 2 atom stereocenters. The second-order valence-electron chi connectivity index (χ2n) is 7.59. The van der Waals surface area contributed by atoms with Crippen LogP contribution in [0.4, 0.5) is 0 Å². The first kappa shape index (κ1) is 26.8. The van der Waals surface area contributed by atoms with Crippen LogP contribution in [0.15, 0.2) is 42.5 Å². The van der Waals surface area contributed by atoms with Crippen LogP contribution in [0.2, 0.25) is 15.1 Å². The minimum absolute atomic E-state index is 0.0228. The molecule has 1 N–H and O–H groups in total. The number of hydrogen-bond donors (Lipinski definition) is 1. The van der Waals surface area contributed by atoms with Crippen molar-refractivity contribution in [1.82, 2.24) is 10.2 Å². The minimum Gasteiger partial charge on any atom is -0.352 e. The first-order chi connectivity index (χ1) is 15.3. The summed E-state index contributed by atoms with van der Waals surface area (Å²) in [5.41, 5.74) is 1.68. The van der Waals surface area contributed by atoms with Crippen molar-refractivity contribution in [2.24, 2.45) is 0 Å². The van der Waals surface area contributed by atoms with Gasteiger partial charge < -0.3 is 10.2 Å². The summed E-state index contributed by atoms with van der Waals surface area (Å²) in [6, 6.07) is 12.2. The molecule has 0 saturated heterocycles. The number of rotatable bonds is 11. The van der Waals surface area contributed by atoms with Gasteiger partial charge in [0, 0.05) is 39.0 Å². The number of thioether (sulfide) groups is 1. The topological polar surface area (TPSA) is 49.4 Å². The van der Waals surface area contributed by atoms with Crippen molar-refractivity contribution in [1.29, 1.82) is 0 Å². The van der Waals surface area contributed by atoms with E-state index in [1.807, 2.05) is 45.0 Å². The van der Waals surface area contributed by atoms with Gasteiger partial charge >= 0.3 is 0 Å². The molecule has 2 rings (SSSR count). The van der Waals surface area contributed by atoms with Gasteiger partial charge in [0.25, 0.3) is 0 Å². The Bertz CT molecular complexity index is 906. The first-order valence-corrected chi connectivity index (χ1v) is 12.9. The van der Waals surface area contributed by atoms with Gasteiger partial charge in [-0.3, -0.25) is 9.59 Å². The van der Waals surface area contributed by atoms with E-state index >= 15 is 0 Å². The highest BCUT2D eigenvalue weighted by Crippen LogP contribution is 2.27. The van der Waals surface area contributed by atoms with Gasteiger partial charge in [0.15, 0.2) is 0 Å². The van der Waals surface area contributed by atoms with E-state index in [1.54, 1.807) is 23.1 Å². The fourth-order valence-corrected chi connectivity index (χ4v) is 4.77. The van der Waals surface area contributed by atoms with Crippen LogP contribution < -0.4 is 5.32 Å². The zero-order valence-corrected chi connectivity index (χ0v) is 21.6. The summed E-state index contributed by atoms with van der Waals surface area (Å²) in [6.07, 6.45) is 1.29. The summed E-state index contributed by atoms with van der Waals surface area (Å²) < 4.78 is 0. The second-order valence-corrected chi connectivity index (χ2v) is 9.82. The summed E-state index contributed by atoms with van der Waals surface area (Å²) in [5.74, 6) is 0.558. The lowest BCUT2D eigenvalue weighted by atomic mass is 10.1. The predicted octanol–water partition coefficient (Wildman–Crippen LogP) is 6.60. The third-order valence-corrected chi connectivity index (χ3v) is 7.09. The Labute approximate surface area is 210 Å². The van der Waals surface area contributed by atoms with E-state index in [4.69, 9.17) is 34.8 Å². The monoisotopic (exact) mass is 514 g/mol. The summed E-state index contributed by atoms with van der Waals surface area (Å²) >= 11 is 20.3. The molecule has 0 aromatic heterocycles. The molecular weight excluding hydrogens is 487 g/mol. The average Bonchev–Trinajstić information content (AvgIpc) is 2.75. The van der Waals surface area contributed by atoms with Crippen molar-refractivity contribution in [2.75, 3.05) is 5.75 Å². The van der Waals surface area contributed by atoms with Crippen molar-refractivity contribution < 1.29 is 9.59 Å². The first-order valence-electron chi connectivity index (χ1n) is 10.6. The maximum atomic E-state index is 13.3. The zero-order chi connectivity index (χ0) is 23.7. The van der Waals surface area contributed by atoms with Gasteiger partial charge in [-0.2, -0.15) is 0 Å². The Balaban J connectivity index is 2.21. The molecule has 32 heavy (non-hydrogen) atoms. The maximum Gasteiger partial charge on any atom is 0.243 e. The lowest BCUT2D eigenvalue weighted by Gasteiger charge is -2.32. The van der Waals surface area contributed by atoms with Crippen LogP contribution in [0.1, 0.15) is 44.7 Å². The van der Waals surface area contributed by atoms with Crippen molar-refractivity contribution in [2.45, 2.75) is 58.0 Å². The molecule has 2 amide bonds. The van der Waals surface area contributed by atoms with Crippen LogP contribution in [0.5, 0.6) is 0 Å². The quantitative estimate of drug-likeness (QED) is 0.367. The molecule has 8 heteroatoms. The molecule has 2 aromatic carbocycles. The molecule has 4 nitrogen and oxygen atoms in total. The smallest absolute Gasteiger partial charge is 0.243 e. The number of nitrogens with zero attached hydrogens (tertiary/aromatic N) is 1. The van der Waals surface area contributed by atoms with Crippen molar-refractivity contribution in [3.05, 3.63) is 68.7 Å². The summed E-state index contributed by atoms with van der Waals surface area (Å²) in [5, 5.41) is 4.61. The van der Waals surface area contributed by atoms with Gasteiger partial charge in [-0.05, 0) is 49.6 Å². The predicted molar refractivity (Wildman–Crippen MR) is 137 cm³/mol. The maximum absolute atomic E-state index is 13.3. The standard InChI is InChI=1S/C24H29Cl3N2O2S/c1-4-16(3)28-24(31)22(5-2)29(13-19-20(26)10-7-11-21(19)27)23(30)15-32-14-17-8-6-9-18(25)12-17/h6-12,16,22H,4-5,13-15H2,1-3H3,(H,28,31)/t16-,22-/m1/s1. The van der Waals surface area contributed by atoms with Crippen molar-refractivity contribution in [3.63, 3.8) is 0 Å². The molecule has 0 aliphatic carbocycles. The largest absolute Gasteiger partial charge is 0.352 e. The summed E-state index contributed by atoms with van der Waals surface area (Å²) in [6.45, 7) is 6.02. The number of hydrogen-bond acceptors (Lipinski definition) is 3. The van der Waals surface area contributed by atoms with Gasteiger partial charge in [-0.15, -0.1) is 11.8 Å². The fraction of sp³-hybridized carbons (Fsp3) is 0.417. The highest BCUT2D eigenvalue weighted by Gasteiger charge is 2.30. The van der Waals surface area contributed by atoms with Crippen LogP contribution in [-0.4, -0.2) is 34.6 Å². The molecule has 0 aliphatic heterocycles. The zero-order valence-electron chi connectivity index (χ0n) is 18.5. The van der Waals surface area contributed by atoms with Crippen molar-refractivity contribution in [3.8, 4) is 0 Å². The molecule has 0 radical (unpaired) electrons.